The van der Waals surface area contributed by atoms with Crippen molar-refractivity contribution < 1.29 is 19.1 Å². The van der Waals surface area contributed by atoms with Crippen LogP contribution in [0.1, 0.15) is 6.92 Å². The van der Waals surface area contributed by atoms with Crippen LogP contribution >= 0.6 is 0 Å². The normalized spacial score (nSPS) is 21.5. The predicted molar refractivity (Wildman–Crippen MR) is 59.3 cm³/mol. The van der Waals surface area contributed by atoms with Crippen molar-refractivity contribution >= 4 is 11.9 Å². The van der Waals surface area contributed by atoms with Crippen LogP contribution in [0.15, 0.2) is 0 Å². The van der Waals surface area contributed by atoms with E-state index in [4.69, 9.17) is 9.47 Å². The van der Waals surface area contributed by atoms with E-state index in [9.17, 15) is 9.59 Å². The number of hydrogen-bond donors (Lipinski definition) is 1. The molecule has 0 aromatic heterocycles. The van der Waals surface area contributed by atoms with Crippen molar-refractivity contribution in [3.63, 3.8) is 0 Å². The van der Waals surface area contributed by atoms with Crippen LogP contribution < -0.4 is 5.32 Å². The third kappa shape index (κ3) is 3.67. The van der Waals surface area contributed by atoms with E-state index in [1.807, 2.05) is 4.90 Å². The minimum Gasteiger partial charge on any atom is -0.465 e. The van der Waals surface area contributed by atoms with Crippen molar-refractivity contribution in [2.75, 3.05) is 39.3 Å². The van der Waals surface area contributed by atoms with E-state index in [-0.39, 0.29) is 18.0 Å². The number of nitrogens with one attached hydrogen (secondary N) is 1. The van der Waals surface area contributed by atoms with E-state index < -0.39 is 0 Å². The average Bonchev–Trinajstić information content (AvgIpc) is 2.14. The van der Waals surface area contributed by atoms with Crippen LogP contribution in [-0.4, -0.2) is 62.3 Å². The van der Waals surface area contributed by atoms with E-state index in [0.717, 1.165) is 26.2 Å². The summed E-state index contributed by atoms with van der Waals surface area (Å²) in [4.78, 5) is 24.0. The lowest BCUT2D eigenvalue weighted by molar-refractivity contribution is -0.156. The number of carbonyl (C=O) groups is 2. The molecule has 0 aliphatic carbocycles. The van der Waals surface area contributed by atoms with Gasteiger partial charge in [0.15, 0.2) is 0 Å². The maximum atomic E-state index is 11.4. The maximum absolute atomic E-state index is 11.4. The SMILES string of the molecule is CC(=O)OCC1CN(CC(=O)OC2CNC2)C1. The smallest absolute Gasteiger partial charge is 0.320 e. The molecule has 0 saturated carbocycles. The third-order valence-electron chi connectivity index (χ3n) is 2.95. The molecule has 2 aliphatic rings. The highest BCUT2D eigenvalue weighted by Gasteiger charge is 2.30. The first kappa shape index (κ1) is 12.3. The Morgan fingerprint density at radius 1 is 1.35 bits per heavy atom. The zero-order valence-electron chi connectivity index (χ0n) is 9.98. The summed E-state index contributed by atoms with van der Waals surface area (Å²) in [5.41, 5.74) is 0. The van der Waals surface area contributed by atoms with Crippen LogP contribution in [0, 0.1) is 5.92 Å². The highest BCUT2D eigenvalue weighted by molar-refractivity contribution is 5.72. The predicted octanol–water partition coefficient (Wildman–Crippen LogP) is -1.00. The molecule has 2 aliphatic heterocycles. The number of likely N-dealkylation sites (tertiary alicyclic amines) is 1. The molecule has 96 valence electrons. The quantitative estimate of drug-likeness (QED) is 0.623. The number of carbonyl (C=O) groups excluding carboxylic acids is 2. The van der Waals surface area contributed by atoms with Gasteiger partial charge in [-0.05, 0) is 0 Å². The minimum absolute atomic E-state index is 0.0561. The summed E-state index contributed by atoms with van der Waals surface area (Å²) in [5, 5.41) is 3.04. The van der Waals surface area contributed by atoms with Crippen LogP contribution in [0.5, 0.6) is 0 Å². The lowest BCUT2D eigenvalue weighted by Crippen LogP contribution is -2.53. The van der Waals surface area contributed by atoms with Crippen molar-refractivity contribution in [3.8, 4) is 0 Å². The Balaban J connectivity index is 1.53. The highest BCUT2D eigenvalue weighted by atomic mass is 16.5. The van der Waals surface area contributed by atoms with Gasteiger partial charge in [0.2, 0.25) is 0 Å². The molecule has 1 N–H and O–H groups in total. The van der Waals surface area contributed by atoms with Gasteiger partial charge in [-0.25, -0.2) is 0 Å². The summed E-state index contributed by atoms with van der Waals surface area (Å²) in [7, 11) is 0. The van der Waals surface area contributed by atoms with Gasteiger partial charge in [-0.1, -0.05) is 0 Å². The second-order valence-corrected chi connectivity index (χ2v) is 4.63. The Labute approximate surface area is 100 Å². The van der Waals surface area contributed by atoms with Crippen molar-refractivity contribution in [3.05, 3.63) is 0 Å². The Bertz CT molecular complexity index is 298. The number of esters is 2. The van der Waals surface area contributed by atoms with Gasteiger partial charge in [0.05, 0.1) is 13.2 Å². The summed E-state index contributed by atoms with van der Waals surface area (Å²) in [5.74, 6) is -0.0557. The molecule has 6 heteroatoms. The molecule has 2 rings (SSSR count). The van der Waals surface area contributed by atoms with Crippen LogP contribution in [-0.2, 0) is 19.1 Å². The van der Waals surface area contributed by atoms with Crippen LogP contribution in [0.3, 0.4) is 0 Å². The largest absolute Gasteiger partial charge is 0.465 e. The van der Waals surface area contributed by atoms with Gasteiger partial charge in [-0.3, -0.25) is 14.5 Å². The molecule has 0 radical (unpaired) electrons. The minimum atomic E-state index is -0.250. The first-order valence-corrected chi connectivity index (χ1v) is 5.89. The molecule has 0 unspecified atom stereocenters. The molecular formula is C11H18N2O4. The summed E-state index contributed by atoms with van der Waals surface area (Å²) in [6, 6.07) is 0. The molecule has 0 bridgehead atoms. The standard InChI is InChI=1S/C11H18N2O4/c1-8(14)16-7-9-4-13(5-9)6-11(15)17-10-2-12-3-10/h9-10,12H,2-7H2,1H3. The Hall–Kier alpha value is -1.14. The van der Waals surface area contributed by atoms with Gasteiger partial charge in [-0.2, -0.15) is 0 Å². The first-order valence-electron chi connectivity index (χ1n) is 5.89. The number of rotatable bonds is 5. The first-order chi connectivity index (χ1) is 8.13. The van der Waals surface area contributed by atoms with Gasteiger partial charge in [0, 0.05) is 39.0 Å². The summed E-state index contributed by atoms with van der Waals surface area (Å²) >= 11 is 0. The van der Waals surface area contributed by atoms with Gasteiger partial charge in [-0.15, -0.1) is 0 Å². The molecule has 2 saturated heterocycles. The fraction of sp³-hybridized carbons (Fsp3) is 0.818. The Morgan fingerprint density at radius 2 is 2.06 bits per heavy atom. The van der Waals surface area contributed by atoms with Crippen molar-refractivity contribution in [1.82, 2.24) is 10.2 Å². The molecule has 2 fully saturated rings. The van der Waals surface area contributed by atoms with E-state index in [1.165, 1.54) is 6.92 Å². The monoisotopic (exact) mass is 242 g/mol. The molecular weight excluding hydrogens is 224 g/mol. The summed E-state index contributed by atoms with van der Waals surface area (Å²) < 4.78 is 10.1. The molecule has 6 nitrogen and oxygen atoms in total. The van der Waals surface area contributed by atoms with Gasteiger partial charge < -0.3 is 14.8 Å². The van der Waals surface area contributed by atoms with E-state index in [2.05, 4.69) is 5.32 Å². The maximum Gasteiger partial charge on any atom is 0.320 e. The molecule has 0 atom stereocenters. The topological polar surface area (TPSA) is 67.9 Å². The zero-order valence-corrected chi connectivity index (χ0v) is 9.98. The van der Waals surface area contributed by atoms with Gasteiger partial charge in [0.25, 0.3) is 0 Å². The number of nitrogens with zero attached hydrogens (tertiary/aromatic N) is 1. The zero-order chi connectivity index (χ0) is 12.3. The number of ether oxygens (including phenoxy) is 2. The second kappa shape index (κ2) is 5.46. The molecule has 0 amide bonds. The van der Waals surface area contributed by atoms with Crippen LogP contribution in [0.4, 0.5) is 0 Å². The van der Waals surface area contributed by atoms with Gasteiger partial charge in [0.1, 0.15) is 6.10 Å². The number of hydrogen-bond acceptors (Lipinski definition) is 6. The fourth-order valence-corrected chi connectivity index (χ4v) is 1.90. The van der Waals surface area contributed by atoms with E-state index in [0.29, 0.717) is 19.1 Å². The van der Waals surface area contributed by atoms with Gasteiger partial charge >= 0.3 is 11.9 Å². The van der Waals surface area contributed by atoms with Crippen molar-refractivity contribution in [1.29, 1.82) is 0 Å². The summed E-state index contributed by atoms with van der Waals surface area (Å²) in [6.45, 7) is 5.32. The lowest BCUT2D eigenvalue weighted by atomic mass is 10.0. The fourth-order valence-electron chi connectivity index (χ4n) is 1.90. The molecule has 0 spiro atoms. The Kier molecular flexibility index (Phi) is 3.96. The average molecular weight is 242 g/mol. The van der Waals surface area contributed by atoms with Crippen LogP contribution in [0.2, 0.25) is 0 Å². The Morgan fingerprint density at radius 3 is 2.59 bits per heavy atom. The van der Waals surface area contributed by atoms with Crippen molar-refractivity contribution in [2.45, 2.75) is 13.0 Å². The molecule has 17 heavy (non-hydrogen) atoms. The molecule has 0 aromatic rings. The van der Waals surface area contributed by atoms with Crippen LogP contribution in [0.25, 0.3) is 0 Å². The van der Waals surface area contributed by atoms with E-state index >= 15 is 0 Å². The summed E-state index contributed by atoms with van der Waals surface area (Å²) in [6.07, 6.45) is 0.0561. The third-order valence-corrected chi connectivity index (χ3v) is 2.95. The molecule has 2 heterocycles. The molecule has 0 aromatic carbocycles. The highest BCUT2D eigenvalue weighted by Crippen LogP contribution is 2.15. The van der Waals surface area contributed by atoms with E-state index in [1.54, 1.807) is 0 Å². The second-order valence-electron chi connectivity index (χ2n) is 4.63. The lowest BCUT2D eigenvalue weighted by Gasteiger charge is -2.38. The van der Waals surface area contributed by atoms with Crippen molar-refractivity contribution in [2.24, 2.45) is 5.92 Å².